The number of anilines is 1. The van der Waals surface area contributed by atoms with Gasteiger partial charge in [-0.25, -0.2) is 0 Å². The Balaban J connectivity index is 1.80. The maximum atomic E-state index is 2.53. The first kappa shape index (κ1) is 17.9. The molecule has 23 heavy (non-hydrogen) atoms. The molecular weight excluding hydrogens is 280 g/mol. The number of hydrogen-bond donors (Lipinski definition) is 0. The molecule has 0 bridgehead atoms. The van der Waals surface area contributed by atoms with E-state index < -0.39 is 0 Å². The summed E-state index contributed by atoms with van der Waals surface area (Å²) in [6.45, 7) is 8.11. The van der Waals surface area contributed by atoms with E-state index in [-0.39, 0.29) is 0 Å². The lowest BCUT2D eigenvalue weighted by atomic mass is 10.1. The average molecular weight is 315 g/mol. The van der Waals surface area contributed by atoms with Gasteiger partial charge < -0.3 is 9.80 Å². The van der Waals surface area contributed by atoms with E-state index in [1.807, 2.05) is 0 Å². The van der Waals surface area contributed by atoms with Gasteiger partial charge in [0.2, 0.25) is 0 Å². The quantitative estimate of drug-likeness (QED) is 0.488. The molecule has 1 aliphatic rings. The highest BCUT2D eigenvalue weighted by Gasteiger charge is 2.29. The number of hydrogen-bond acceptors (Lipinski definition) is 2. The third kappa shape index (κ3) is 5.30. The molecule has 0 aromatic heterocycles. The van der Waals surface area contributed by atoms with Crippen LogP contribution in [-0.2, 0) is 0 Å². The van der Waals surface area contributed by atoms with E-state index >= 15 is 0 Å². The topological polar surface area (TPSA) is 6.48 Å². The molecule has 0 saturated heterocycles. The lowest BCUT2D eigenvalue weighted by Gasteiger charge is -2.35. The molecule has 2 rings (SSSR count). The lowest BCUT2D eigenvalue weighted by molar-refractivity contribution is 0.237. The zero-order valence-corrected chi connectivity index (χ0v) is 15.2. The van der Waals surface area contributed by atoms with Crippen molar-refractivity contribution < 1.29 is 0 Å². The molecule has 1 heterocycles. The van der Waals surface area contributed by atoms with Crippen LogP contribution in [-0.4, -0.2) is 17.6 Å². The van der Waals surface area contributed by atoms with E-state index in [1.165, 1.54) is 57.2 Å². The summed E-state index contributed by atoms with van der Waals surface area (Å²) in [5, 5.41) is 0. The van der Waals surface area contributed by atoms with E-state index in [9.17, 15) is 0 Å². The second kappa shape index (κ2) is 9.64. The van der Waals surface area contributed by atoms with Gasteiger partial charge in [0.25, 0.3) is 0 Å². The van der Waals surface area contributed by atoms with Crippen molar-refractivity contribution in [2.24, 2.45) is 5.92 Å². The smallest absolute Gasteiger partial charge is 0.108 e. The van der Waals surface area contributed by atoms with Crippen LogP contribution in [0.25, 0.3) is 0 Å². The van der Waals surface area contributed by atoms with Gasteiger partial charge in [-0.2, -0.15) is 0 Å². The van der Waals surface area contributed by atoms with Gasteiger partial charge in [-0.05, 0) is 24.5 Å². The number of rotatable bonds is 10. The van der Waals surface area contributed by atoms with Crippen LogP contribution < -0.4 is 4.90 Å². The van der Waals surface area contributed by atoms with Gasteiger partial charge >= 0.3 is 0 Å². The first-order valence-corrected chi connectivity index (χ1v) is 9.51. The Bertz CT molecular complexity index is 452. The Morgan fingerprint density at radius 3 is 2.17 bits per heavy atom. The fourth-order valence-electron chi connectivity index (χ4n) is 3.49. The van der Waals surface area contributed by atoms with Crippen molar-refractivity contribution in [3.8, 4) is 0 Å². The molecule has 0 saturated carbocycles. The summed E-state index contributed by atoms with van der Waals surface area (Å²) in [6, 6.07) is 10.7. The van der Waals surface area contributed by atoms with Gasteiger partial charge in [-0.15, -0.1) is 0 Å². The second-order valence-corrected chi connectivity index (χ2v) is 7.06. The SMILES string of the molecule is CCCCCCCCCN1C=CN(c2ccccc2)C1C(C)C. The van der Waals surface area contributed by atoms with E-state index in [1.54, 1.807) is 0 Å². The zero-order valence-electron chi connectivity index (χ0n) is 15.2. The van der Waals surface area contributed by atoms with Gasteiger partial charge in [-0.1, -0.05) is 77.5 Å². The van der Waals surface area contributed by atoms with Crippen LogP contribution >= 0.6 is 0 Å². The minimum absolute atomic E-state index is 0.456. The van der Waals surface area contributed by atoms with Crippen molar-refractivity contribution in [2.45, 2.75) is 71.9 Å². The molecule has 128 valence electrons. The van der Waals surface area contributed by atoms with Crippen molar-refractivity contribution in [3.63, 3.8) is 0 Å². The normalized spacial score (nSPS) is 17.5. The molecule has 0 N–H and O–H groups in total. The Kier molecular flexibility index (Phi) is 7.51. The third-order valence-corrected chi connectivity index (χ3v) is 4.71. The van der Waals surface area contributed by atoms with E-state index in [0.717, 1.165) is 0 Å². The highest BCUT2D eigenvalue weighted by molar-refractivity contribution is 5.51. The summed E-state index contributed by atoms with van der Waals surface area (Å²) in [6.07, 6.45) is 14.6. The van der Waals surface area contributed by atoms with Crippen LogP contribution in [0.3, 0.4) is 0 Å². The number of nitrogens with zero attached hydrogens (tertiary/aromatic N) is 2. The molecule has 0 radical (unpaired) electrons. The van der Waals surface area contributed by atoms with Gasteiger partial charge in [0.1, 0.15) is 6.17 Å². The predicted octanol–water partition coefficient (Wildman–Crippen LogP) is 6.01. The first-order chi connectivity index (χ1) is 11.2. The van der Waals surface area contributed by atoms with Gasteiger partial charge in [0.15, 0.2) is 0 Å². The highest BCUT2D eigenvalue weighted by Crippen LogP contribution is 2.29. The number of unbranched alkanes of at least 4 members (excludes halogenated alkanes) is 6. The molecule has 0 fully saturated rings. The van der Waals surface area contributed by atoms with Crippen LogP contribution in [0.1, 0.15) is 65.7 Å². The first-order valence-electron chi connectivity index (χ1n) is 9.51. The summed E-state index contributed by atoms with van der Waals surface area (Å²) in [5.74, 6) is 0.606. The standard InChI is InChI=1S/C21H34N2/c1-4-5-6-7-8-9-13-16-22-17-18-23(21(22)19(2)3)20-14-11-10-12-15-20/h10-12,14-15,17-19,21H,4-9,13,16H2,1-3H3. The molecule has 1 atom stereocenters. The van der Waals surface area contributed by atoms with Crippen LogP contribution in [0.4, 0.5) is 5.69 Å². The number of benzene rings is 1. The van der Waals surface area contributed by atoms with E-state index in [0.29, 0.717) is 12.1 Å². The fourth-order valence-corrected chi connectivity index (χ4v) is 3.49. The van der Waals surface area contributed by atoms with E-state index in [4.69, 9.17) is 0 Å². The van der Waals surface area contributed by atoms with E-state index in [2.05, 4.69) is 73.3 Å². The highest BCUT2D eigenvalue weighted by atomic mass is 15.4. The molecule has 0 amide bonds. The summed E-state index contributed by atoms with van der Waals surface area (Å²) in [7, 11) is 0. The van der Waals surface area contributed by atoms with Crippen molar-refractivity contribution >= 4 is 5.69 Å². The molecule has 1 aromatic carbocycles. The molecule has 2 heteroatoms. The molecule has 0 spiro atoms. The fraction of sp³-hybridized carbons (Fsp3) is 0.619. The van der Waals surface area contributed by atoms with Crippen molar-refractivity contribution in [1.82, 2.24) is 4.90 Å². The van der Waals surface area contributed by atoms with Crippen LogP contribution in [0.5, 0.6) is 0 Å². The molecule has 1 aromatic rings. The number of para-hydroxylation sites is 1. The summed E-state index contributed by atoms with van der Waals surface area (Å²) >= 11 is 0. The maximum Gasteiger partial charge on any atom is 0.108 e. The molecule has 1 aliphatic heterocycles. The van der Waals surface area contributed by atoms with Crippen LogP contribution in [0.15, 0.2) is 42.7 Å². The largest absolute Gasteiger partial charge is 0.355 e. The Labute approximate surface area is 143 Å². The molecule has 2 nitrogen and oxygen atoms in total. The van der Waals surface area contributed by atoms with Gasteiger partial charge in [-0.3, -0.25) is 0 Å². The minimum atomic E-state index is 0.456. The third-order valence-electron chi connectivity index (χ3n) is 4.71. The Morgan fingerprint density at radius 2 is 1.52 bits per heavy atom. The molecular formula is C21H34N2. The summed E-state index contributed by atoms with van der Waals surface area (Å²) in [5.41, 5.74) is 1.30. The molecule has 0 aliphatic carbocycles. The average Bonchev–Trinajstić information content (AvgIpc) is 2.99. The monoisotopic (exact) mass is 314 g/mol. The van der Waals surface area contributed by atoms with Crippen molar-refractivity contribution in [2.75, 3.05) is 11.4 Å². The summed E-state index contributed by atoms with van der Waals surface area (Å²) in [4.78, 5) is 4.95. The maximum absolute atomic E-state index is 2.53. The predicted molar refractivity (Wildman–Crippen MR) is 101 cm³/mol. The minimum Gasteiger partial charge on any atom is -0.355 e. The summed E-state index contributed by atoms with van der Waals surface area (Å²) < 4.78 is 0. The van der Waals surface area contributed by atoms with Crippen molar-refractivity contribution in [1.29, 1.82) is 0 Å². The van der Waals surface area contributed by atoms with Crippen molar-refractivity contribution in [3.05, 3.63) is 42.7 Å². The van der Waals surface area contributed by atoms with Crippen LogP contribution in [0, 0.1) is 5.92 Å². The van der Waals surface area contributed by atoms with Gasteiger partial charge in [0, 0.05) is 24.6 Å². The Hall–Kier alpha value is -1.44. The Morgan fingerprint density at radius 1 is 0.870 bits per heavy atom. The molecule has 1 unspecified atom stereocenters. The van der Waals surface area contributed by atoms with Crippen LogP contribution in [0.2, 0.25) is 0 Å². The lowest BCUT2D eigenvalue weighted by Crippen LogP contribution is -2.43. The zero-order chi connectivity index (χ0) is 16.5. The second-order valence-electron chi connectivity index (χ2n) is 7.06. The van der Waals surface area contributed by atoms with Gasteiger partial charge in [0.05, 0.1) is 0 Å².